The molecule has 1 amide bonds. The topological polar surface area (TPSA) is 103 Å². The molecule has 2 aromatic rings. The molecule has 0 unspecified atom stereocenters. The van der Waals surface area contributed by atoms with Gasteiger partial charge in [-0.15, -0.1) is 0 Å². The molecule has 0 aliphatic carbocycles. The van der Waals surface area contributed by atoms with Gasteiger partial charge in [0.15, 0.2) is 9.84 Å². The van der Waals surface area contributed by atoms with Crippen LogP contribution in [0, 0.1) is 0 Å². The van der Waals surface area contributed by atoms with Crippen LogP contribution in [-0.4, -0.2) is 33.2 Å². The summed E-state index contributed by atoms with van der Waals surface area (Å²) in [5, 5.41) is 2.35. The highest BCUT2D eigenvalue weighted by Gasteiger charge is 2.34. The summed E-state index contributed by atoms with van der Waals surface area (Å²) in [4.78, 5) is 24.1. The van der Waals surface area contributed by atoms with E-state index < -0.39 is 55.1 Å². The average Bonchev–Trinajstić information content (AvgIpc) is 3.10. The summed E-state index contributed by atoms with van der Waals surface area (Å²) in [6.45, 7) is 6.62. The van der Waals surface area contributed by atoms with E-state index in [1.807, 2.05) is 0 Å². The van der Waals surface area contributed by atoms with Crippen LogP contribution in [0.25, 0.3) is 0 Å². The molecule has 1 heterocycles. The fourth-order valence-electron chi connectivity index (χ4n) is 2.59. The molecule has 0 aliphatic heterocycles. The lowest BCUT2D eigenvalue weighted by molar-refractivity contribution is -0.137. The van der Waals surface area contributed by atoms with Crippen LogP contribution in [0.15, 0.2) is 33.6 Å². The quantitative estimate of drug-likeness (QED) is 0.661. The molecule has 1 aromatic heterocycles. The van der Waals surface area contributed by atoms with E-state index in [1.165, 1.54) is 13.0 Å². The monoisotopic (exact) mass is 461 g/mol. The van der Waals surface area contributed by atoms with Gasteiger partial charge in [0.25, 0.3) is 5.91 Å². The third kappa shape index (κ3) is 5.27. The first-order chi connectivity index (χ1) is 14.1. The third-order valence-corrected chi connectivity index (χ3v) is 6.13. The number of rotatable bonds is 5. The van der Waals surface area contributed by atoms with E-state index in [9.17, 15) is 31.2 Å². The SMILES string of the molecule is CCS(=O)(=O)c1cc(C(F)(F)F)ccc1C(=O)Nc1cc(C(C)(C)C)oc1C(=O)OC. The summed E-state index contributed by atoms with van der Waals surface area (Å²) in [5.74, 6) is -2.42. The maximum atomic E-state index is 13.1. The fourth-order valence-corrected chi connectivity index (χ4v) is 3.70. The molecule has 1 aromatic carbocycles. The van der Waals surface area contributed by atoms with E-state index in [0.717, 1.165) is 13.2 Å². The molecule has 1 N–H and O–H groups in total. The van der Waals surface area contributed by atoms with Crippen LogP contribution in [0.4, 0.5) is 18.9 Å². The van der Waals surface area contributed by atoms with Gasteiger partial charge in [0.05, 0.1) is 34.6 Å². The number of carbonyl (C=O) groups is 2. The van der Waals surface area contributed by atoms with Crippen molar-refractivity contribution in [2.45, 2.75) is 44.2 Å². The smallest absolute Gasteiger partial charge is 0.416 e. The van der Waals surface area contributed by atoms with Crippen LogP contribution in [0.5, 0.6) is 0 Å². The van der Waals surface area contributed by atoms with Gasteiger partial charge in [-0.1, -0.05) is 27.7 Å². The lowest BCUT2D eigenvalue weighted by atomic mass is 9.93. The molecule has 0 saturated heterocycles. The lowest BCUT2D eigenvalue weighted by Gasteiger charge is -2.14. The summed E-state index contributed by atoms with van der Waals surface area (Å²) in [6.07, 6.45) is -4.79. The molecule has 0 fully saturated rings. The number of anilines is 1. The fraction of sp³-hybridized carbons (Fsp3) is 0.400. The van der Waals surface area contributed by atoms with Gasteiger partial charge >= 0.3 is 12.1 Å². The first-order valence-electron chi connectivity index (χ1n) is 9.09. The molecule has 0 bridgehead atoms. The molecule has 2 rings (SSSR count). The Kier molecular flexibility index (Phi) is 6.60. The Hall–Kier alpha value is -2.82. The number of amides is 1. The standard InChI is InChI=1S/C20H22F3NO6S/c1-6-31(27,28)14-9-11(20(21,22)23)7-8-12(14)17(25)24-13-10-15(19(2,3)4)30-16(13)18(26)29-5/h7-10H,6H2,1-5H3,(H,24,25). The number of ether oxygens (including phenoxy) is 1. The summed E-state index contributed by atoms with van der Waals surface area (Å²) >= 11 is 0. The van der Waals surface area contributed by atoms with Crippen LogP contribution in [0.2, 0.25) is 0 Å². The molecule has 0 spiro atoms. The van der Waals surface area contributed by atoms with Crippen LogP contribution in [-0.2, 0) is 26.2 Å². The molecule has 7 nitrogen and oxygen atoms in total. The lowest BCUT2D eigenvalue weighted by Crippen LogP contribution is -2.19. The van der Waals surface area contributed by atoms with Crippen LogP contribution in [0.1, 0.15) is 59.9 Å². The molecule has 0 atom stereocenters. The number of carbonyl (C=O) groups excluding carboxylic acids is 2. The second-order valence-corrected chi connectivity index (χ2v) is 9.91. The van der Waals surface area contributed by atoms with E-state index in [0.29, 0.717) is 17.9 Å². The number of halogens is 3. The van der Waals surface area contributed by atoms with Crippen molar-refractivity contribution in [2.24, 2.45) is 0 Å². The van der Waals surface area contributed by atoms with Gasteiger partial charge in [0, 0.05) is 11.5 Å². The molecule has 0 aliphatic rings. The molecule has 170 valence electrons. The summed E-state index contributed by atoms with van der Waals surface area (Å²) < 4.78 is 74.1. The van der Waals surface area contributed by atoms with Gasteiger partial charge in [-0.2, -0.15) is 13.2 Å². The van der Waals surface area contributed by atoms with Crippen LogP contribution < -0.4 is 5.32 Å². The molecule has 11 heteroatoms. The summed E-state index contributed by atoms with van der Waals surface area (Å²) in [7, 11) is -3.07. The largest absolute Gasteiger partial charge is 0.463 e. The molecule has 0 saturated carbocycles. The summed E-state index contributed by atoms with van der Waals surface area (Å²) in [6, 6.07) is 3.19. The van der Waals surface area contributed by atoms with Gasteiger partial charge in [-0.25, -0.2) is 13.2 Å². The first kappa shape index (κ1) is 24.4. The number of furan rings is 1. The zero-order valence-electron chi connectivity index (χ0n) is 17.5. The Bertz CT molecular complexity index is 1110. The van der Waals surface area contributed by atoms with Crippen molar-refractivity contribution >= 4 is 27.4 Å². The predicted octanol–water partition coefficient (Wildman–Crippen LogP) is 4.43. The second-order valence-electron chi connectivity index (χ2n) is 7.66. The van der Waals surface area contributed by atoms with E-state index in [1.54, 1.807) is 20.8 Å². The minimum Gasteiger partial charge on any atom is -0.463 e. The van der Waals surface area contributed by atoms with E-state index in [4.69, 9.17) is 4.42 Å². The first-order valence-corrected chi connectivity index (χ1v) is 10.7. The number of benzene rings is 1. The van der Waals surface area contributed by atoms with E-state index in [-0.39, 0.29) is 11.4 Å². The van der Waals surface area contributed by atoms with Crippen LogP contribution >= 0.6 is 0 Å². The van der Waals surface area contributed by atoms with E-state index in [2.05, 4.69) is 10.1 Å². The maximum Gasteiger partial charge on any atom is 0.416 e. The van der Waals surface area contributed by atoms with Gasteiger partial charge in [0.2, 0.25) is 5.76 Å². The molecule has 31 heavy (non-hydrogen) atoms. The van der Waals surface area contributed by atoms with Crippen molar-refractivity contribution in [1.82, 2.24) is 0 Å². The van der Waals surface area contributed by atoms with Gasteiger partial charge in [-0.3, -0.25) is 4.79 Å². The third-order valence-electron chi connectivity index (χ3n) is 4.36. The number of nitrogens with one attached hydrogen (secondary N) is 1. The number of sulfone groups is 1. The minimum absolute atomic E-state index is 0.0958. The van der Waals surface area contributed by atoms with Crippen molar-refractivity contribution in [1.29, 1.82) is 0 Å². The number of hydrogen-bond acceptors (Lipinski definition) is 6. The number of hydrogen-bond donors (Lipinski definition) is 1. The highest BCUT2D eigenvalue weighted by Crippen LogP contribution is 2.34. The van der Waals surface area contributed by atoms with Crippen LogP contribution in [0.3, 0.4) is 0 Å². The van der Waals surface area contributed by atoms with Crippen molar-refractivity contribution in [2.75, 3.05) is 18.2 Å². The molecular weight excluding hydrogens is 439 g/mol. The Balaban J connectivity index is 2.58. The van der Waals surface area contributed by atoms with Crippen molar-refractivity contribution in [3.05, 3.63) is 46.9 Å². The zero-order valence-corrected chi connectivity index (χ0v) is 18.3. The van der Waals surface area contributed by atoms with Gasteiger partial charge in [-0.05, 0) is 18.2 Å². The second kappa shape index (κ2) is 8.37. The van der Waals surface area contributed by atoms with Gasteiger partial charge in [0.1, 0.15) is 5.76 Å². The maximum absolute atomic E-state index is 13.1. The molecule has 0 radical (unpaired) electrons. The Morgan fingerprint density at radius 1 is 1.13 bits per heavy atom. The highest BCUT2D eigenvalue weighted by atomic mass is 32.2. The van der Waals surface area contributed by atoms with Crippen molar-refractivity contribution in [3.63, 3.8) is 0 Å². The molecular formula is C20H22F3NO6S. The number of methoxy groups -OCH3 is 1. The zero-order chi connectivity index (χ0) is 23.8. The van der Waals surface area contributed by atoms with Gasteiger partial charge < -0.3 is 14.5 Å². The predicted molar refractivity (Wildman–Crippen MR) is 106 cm³/mol. The Labute approximate surface area is 177 Å². The Morgan fingerprint density at radius 3 is 2.23 bits per heavy atom. The van der Waals surface area contributed by atoms with E-state index >= 15 is 0 Å². The summed E-state index contributed by atoms with van der Waals surface area (Å²) in [5.41, 5.74) is -2.34. The minimum atomic E-state index is -4.79. The van der Waals surface area contributed by atoms with Crippen molar-refractivity contribution in [3.8, 4) is 0 Å². The number of esters is 1. The average molecular weight is 461 g/mol. The highest BCUT2D eigenvalue weighted by molar-refractivity contribution is 7.91. The number of alkyl halides is 3. The normalized spacial score (nSPS) is 12.5. The van der Waals surface area contributed by atoms with Crippen molar-refractivity contribution < 1.29 is 40.3 Å². The Morgan fingerprint density at radius 2 is 1.74 bits per heavy atom.